The Hall–Kier alpha value is -3.95. The normalized spacial score (nSPS) is 11.1. The van der Waals surface area contributed by atoms with Crippen molar-refractivity contribution in [1.82, 2.24) is 0 Å². The number of ether oxygens (including phenoxy) is 1. The zero-order chi connectivity index (χ0) is 23.2. The SMILES string of the molecule is N#C/C(=C\c1ccccc1OCc1cccc2ccccc12)C(=O)Nc1ccc(Br)cc1F. The minimum absolute atomic E-state index is 0.00941. The molecule has 0 fully saturated rings. The summed E-state index contributed by atoms with van der Waals surface area (Å²) in [6, 6.07) is 27.4. The van der Waals surface area contributed by atoms with Crippen molar-refractivity contribution in [1.29, 1.82) is 5.26 Å². The molecule has 0 radical (unpaired) electrons. The van der Waals surface area contributed by atoms with Crippen molar-refractivity contribution in [2.45, 2.75) is 6.61 Å². The molecule has 0 aliphatic rings. The summed E-state index contributed by atoms with van der Waals surface area (Å²) < 4.78 is 20.7. The lowest BCUT2D eigenvalue weighted by atomic mass is 10.1. The van der Waals surface area contributed by atoms with Gasteiger partial charge in [-0.25, -0.2) is 4.39 Å². The molecule has 4 rings (SSSR count). The van der Waals surface area contributed by atoms with Gasteiger partial charge in [0, 0.05) is 10.0 Å². The van der Waals surface area contributed by atoms with Crippen LogP contribution in [0.3, 0.4) is 0 Å². The molecule has 0 unspecified atom stereocenters. The van der Waals surface area contributed by atoms with Gasteiger partial charge in [0.2, 0.25) is 0 Å². The summed E-state index contributed by atoms with van der Waals surface area (Å²) in [5.41, 5.74) is 1.42. The Labute approximate surface area is 199 Å². The van der Waals surface area contributed by atoms with E-state index >= 15 is 0 Å². The van der Waals surface area contributed by atoms with Crippen LogP contribution in [0.1, 0.15) is 11.1 Å². The van der Waals surface area contributed by atoms with Crippen LogP contribution in [0.5, 0.6) is 5.75 Å². The van der Waals surface area contributed by atoms with E-state index < -0.39 is 11.7 Å². The third-order valence-electron chi connectivity index (χ3n) is 5.03. The van der Waals surface area contributed by atoms with Crippen molar-refractivity contribution in [3.63, 3.8) is 0 Å². The zero-order valence-electron chi connectivity index (χ0n) is 17.4. The Balaban J connectivity index is 1.56. The summed E-state index contributed by atoms with van der Waals surface area (Å²) in [6.07, 6.45) is 1.44. The zero-order valence-corrected chi connectivity index (χ0v) is 19.0. The van der Waals surface area contributed by atoms with Crippen LogP contribution in [0, 0.1) is 17.1 Å². The molecule has 4 nitrogen and oxygen atoms in total. The number of anilines is 1. The number of amides is 1. The van der Waals surface area contributed by atoms with E-state index in [2.05, 4.69) is 21.2 Å². The number of nitrogens with one attached hydrogen (secondary N) is 1. The third kappa shape index (κ3) is 5.28. The topological polar surface area (TPSA) is 62.1 Å². The lowest BCUT2D eigenvalue weighted by molar-refractivity contribution is -0.112. The lowest BCUT2D eigenvalue weighted by Gasteiger charge is -2.12. The third-order valence-corrected chi connectivity index (χ3v) is 5.52. The molecule has 4 aromatic rings. The molecule has 0 saturated carbocycles. The van der Waals surface area contributed by atoms with Gasteiger partial charge in [-0.15, -0.1) is 0 Å². The number of hydrogen-bond acceptors (Lipinski definition) is 3. The van der Waals surface area contributed by atoms with Crippen LogP contribution in [0.15, 0.2) is 95.0 Å². The fourth-order valence-electron chi connectivity index (χ4n) is 3.39. The van der Waals surface area contributed by atoms with Crippen LogP contribution in [0.4, 0.5) is 10.1 Å². The van der Waals surface area contributed by atoms with Gasteiger partial charge >= 0.3 is 0 Å². The van der Waals surface area contributed by atoms with E-state index in [9.17, 15) is 14.4 Å². The summed E-state index contributed by atoms with van der Waals surface area (Å²) in [6.45, 7) is 0.324. The molecule has 6 heteroatoms. The van der Waals surface area contributed by atoms with Gasteiger partial charge in [0.1, 0.15) is 29.8 Å². The van der Waals surface area contributed by atoms with Gasteiger partial charge in [-0.1, -0.05) is 76.6 Å². The van der Waals surface area contributed by atoms with Gasteiger partial charge in [-0.2, -0.15) is 5.26 Å². The predicted molar refractivity (Wildman–Crippen MR) is 131 cm³/mol. The summed E-state index contributed by atoms with van der Waals surface area (Å²) in [4.78, 5) is 12.6. The Bertz CT molecular complexity index is 1400. The van der Waals surface area contributed by atoms with Crippen LogP contribution < -0.4 is 10.1 Å². The molecule has 1 amide bonds. The van der Waals surface area contributed by atoms with Gasteiger partial charge in [0.05, 0.1) is 5.69 Å². The van der Waals surface area contributed by atoms with Crippen molar-refractivity contribution >= 4 is 44.4 Å². The second-order valence-corrected chi connectivity index (χ2v) is 8.13. The summed E-state index contributed by atoms with van der Waals surface area (Å²) in [5, 5.41) is 14.2. The minimum Gasteiger partial charge on any atom is -0.488 e. The molecule has 0 aliphatic carbocycles. The van der Waals surface area contributed by atoms with Gasteiger partial charge in [-0.05, 0) is 46.7 Å². The molecule has 0 spiro atoms. The first-order valence-corrected chi connectivity index (χ1v) is 10.9. The second-order valence-electron chi connectivity index (χ2n) is 7.21. The van der Waals surface area contributed by atoms with E-state index in [4.69, 9.17) is 4.74 Å². The molecule has 0 bridgehead atoms. The number of carbonyl (C=O) groups is 1. The summed E-state index contributed by atoms with van der Waals surface area (Å²) in [5.74, 6) is -0.780. The summed E-state index contributed by atoms with van der Waals surface area (Å²) >= 11 is 3.17. The van der Waals surface area contributed by atoms with E-state index in [1.54, 1.807) is 24.3 Å². The van der Waals surface area contributed by atoms with Crippen LogP contribution in [0.2, 0.25) is 0 Å². The molecule has 0 aromatic heterocycles. The minimum atomic E-state index is -0.706. The average molecular weight is 501 g/mol. The largest absolute Gasteiger partial charge is 0.488 e. The lowest BCUT2D eigenvalue weighted by Crippen LogP contribution is -2.14. The monoisotopic (exact) mass is 500 g/mol. The average Bonchev–Trinajstić information content (AvgIpc) is 2.83. The maximum Gasteiger partial charge on any atom is 0.266 e. The number of hydrogen-bond donors (Lipinski definition) is 1. The van der Waals surface area contributed by atoms with Crippen molar-refractivity contribution in [2.24, 2.45) is 0 Å². The van der Waals surface area contributed by atoms with Crippen LogP contribution in [0.25, 0.3) is 16.8 Å². The van der Waals surface area contributed by atoms with E-state index in [1.165, 1.54) is 18.2 Å². The number of benzene rings is 4. The van der Waals surface area contributed by atoms with Crippen molar-refractivity contribution in [3.8, 4) is 11.8 Å². The van der Waals surface area contributed by atoms with Crippen molar-refractivity contribution in [2.75, 3.05) is 5.32 Å². The molecule has 0 heterocycles. The number of para-hydroxylation sites is 1. The molecule has 1 N–H and O–H groups in total. The quantitative estimate of drug-likeness (QED) is 0.232. The van der Waals surface area contributed by atoms with Crippen LogP contribution in [-0.2, 0) is 11.4 Å². The first-order valence-electron chi connectivity index (χ1n) is 10.1. The first-order chi connectivity index (χ1) is 16.0. The van der Waals surface area contributed by atoms with E-state index in [0.29, 0.717) is 22.4 Å². The number of nitriles is 1. The van der Waals surface area contributed by atoms with Crippen LogP contribution >= 0.6 is 15.9 Å². The number of halogens is 2. The van der Waals surface area contributed by atoms with E-state index in [0.717, 1.165) is 16.3 Å². The smallest absolute Gasteiger partial charge is 0.266 e. The van der Waals surface area contributed by atoms with Gasteiger partial charge < -0.3 is 10.1 Å². The highest BCUT2D eigenvalue weighted by Gasteiger charge is 2.14. The first kappa shape index (κ1) is 22.3. The molecular weight excluding hydrogens is 483 g/mol. The Kier molecular flexibility index (Phi) is 6.82. The molecule has 0 atom stereocenters. The highest BCUT2D eigenvalue weighted by molar-refractivity contribution is 9.10. The Morgan fingerprint density at radius 3 is 2.61 bits per heavy atom. The van der Waals surface area contributed by atoms with E-state index in [1.807, 2.05) is 54.6 Å². The van der Waals surface area contributed by atoms with Crippen molar-refractivity contribution in [3.05, 3.63) is 112 Å². The predicted octanol–water partition coefficient (Wildman–Crippen LogP) is 6.87. The number of rotatable bonds is 6. The second kappa shape index (κ2) is 10.1. The van der Waals surface area contributed by atoms with Gasteiger partial charge in [0.25, 0.3) is 5.91 Å². The van der Waals surface area contributed by atoms with E-state index in [-0.39, 0.29) is 11.3 Å². The van der Waals surface area contributed by atoms with Crippen LogP contribution in [-0.4, -0.2) is 5.91 Å². The highest BCUT2D eigenvalue weighted by atomic mass is 79.9. The molecule has 162 valence electrons. The summed E-state index contributed by atoms with van der Waals surface area (Å²) in [7, 11) is 0. The number of fused-ring (bicyclic) bond motifs is 1. The molecular formula is C27H18BrFN2O2. The fourth-order valence-corrected chi connectivity index (χ4v) is 3.72. The molecule has 33 heavy (non-hydrogen) atoms. The van der Waals surface area contributed by atoms with Gasteiger partial charge in [-0.3, -0.25) is 4.79 Å². The van der Waals surface area contributed by atoms with Gasteiger partial charge in [0.15, 0.2) is 0 Å². The Morgan fingerprint density at radius 1 is 1.03 bits per heavy atom. The number of carbonyl (C=O) groups excluding carboxylic acids is 1. The van der Waals surface area contributed by atoms with Crippen molar-refractivity contribution < 1.29 is 13.9 Å². The molecule has 4 aromatic carbocycles. The number of nitrogens with zero attached hydrogens (tertiary/aromatic N) is 1. The highest BCUT2D eigenvalue weighted by Crippen LogP contribution is 2.25. The Morgan fingerprint density at radius 2 is 1.79 bits per heavy atom. The fraction of sp³-hybridized carbons (Fsp3) is 0.0370. The maximum absolute atomic E-state index is 14.1. The molecule has 0 saturated heterocycles. The maximum atomic E-state index is 14.1. The standard InChI is InChI=1S/C27H18BrFN2O2/c28-22-12-13-25(24(29)15-22)31-27(32)21(16-30)14-19-7-2-4-11-26(19)33-17-20-9-5-8-18-6-1-3-10-23(18)20/h1-15H,17H2,(H,31,32)/b21-14+. The molecule has 0 aliphatic heterocycles.